The van der Waals surface area contributed by atoms with Crippen molar-refractivity contribution in [1.82, 2.24) is 9.97 Å². The fourth-order valence-electron chi connectivity index (χ4n) is 18.4. The first-order chi connectivity index (χ1) is 50.5. The number of fused-ring (bicyclic) bond motifs is 18. The number of nitriles is 2. The van der Waals surface area contributed by atoms with Crippen LogP contribution in [0.25, 0.3) is 155 Å². The summed E-state index contributed by atoms with van der Waals surface area (Å²) in [7, 11) is 0. The standard InChI is InChI=1S/2C50H36N2/c1-49(2)43-18-9-7-15-35(43)37-22-20-31(25-45(37)49)40-27-42-41(32-21-23-38-36-16-8-10-19-44(36)50(3,4)46(38)26-32)28-47(33-13-11-12-30(24-33)29-51)52-48(42)39-17-6-5-14-34(39)40;1-49(2)43-19-11-9-16-35(43)37-23-21-30(25-45(37)49)40-27-42-41(31-22-24-38-36-17-10-12-20-44(36)50(3,4)46(38)26-31)28-47(33-14-6-5-13-32(33)29-51)52-48(42)39-18-8-7-15-34(39)40/h2*5-28H,1-4H3. The molecule has 2 aromatic heterocycles. The number of pyridine rings is 2. The molecule has 0 N–H and O–H groups in total. The molecule has 20 rings (SSSR count). The lowest BCUT2D eigenvalue weighted by molar-refractivity contribution is 0.660. The molecular weight excluding hydrogens is 1260 g/mol. The molecule has 2 heterocycles. The molecule has 0 aliphatic heterocycles. The number of benzene rings is 14. The summed E-state index contributed by atoms with van der Waals surface area (Å²) in [6, 6.07) is 110. The smallest absolute Gasteiger partial charge is 0.0998 e. The number of rotatable bonds is 6. The molecule has 4 nitrogen and oxygen atoms in total. The summed E-state index contributed by atoms with van der Waals surface area (Å²) in [6.07, 6.45) is 0. The van der Waals surface area contributed by atoms with Crippen LogP contribution in [0.15, 0.2) is 291 Å². The molecule has 0 radical (unpaired) electrons. The topological polar surface area (TPSA) is 73.4 Å². The zero-order valence-corrected chi connectivity index (χ0v) is 59.5. The van der Waals surface area contributed by atoms with Crippen LogP contribution in [0.1, 0.15) is 111 Å². The summed E-state index contributed by atoms with van der Waals surface area (Å²) >= 11 is 0. The average Bonchev–Trinajstić information content (AvgIpc) is 1.67. The predicted molar refractivity (Wildman–Crippen MR) is 431 cm³/mol. The number of aromatic nitrogens is 2. The van der Waals surface area contributed by atoms with Gasteiger partial charge in [-0.25, -0.2) is 9.97 Å². The summed E-state index contributed by atoms with van der Waals surface area (Å²) in [4.78, 5) is 10.8. The Morgan fingerprint density at radius 2 is 0.538 bits per heavy atom. The Morgan fingerprint density at radius 3 is 0.923 bits per heavy atom. The van der Waals surface area contributed by atoms with E-state index >= 15 is 0 Å². The van der Waals surface area contributed by atoms with E-state index in [1.807, 2.05) is 42.5 Å². The number of nitrogens with zero attached hydrogens (tertiary/aromatic N) is 4. The maximum absolute atomic E-state index is 10.1. The van der Waals surface area contributed by atoms with Crippen molar-refractivity contribution in [2.75, 3.05) is 0 Å². The van der Waals surface area contributed by atoms with E-state index in [1.165, 1.54) is 117 Å². The summed E-state index contributed by atoms with van der Waals surface area (Å²) in [5, 5.41) is 26.7. The molecule has 492 valence electrons. The van der Waals surface area contributed by atoms with E-state index in [9.17, 15) is 10.5 Å². The second-order valence-electron chi connectivity index (χ2n) is 30.9. The number of hydrogen-bond acceptors (Lipinski definition) is 4. The third-order valence-corrected chi connectivity index (χ3v) is 23.8. The Bertz CT molecular complexity index is 6520. The van der Waals surface area contributed by atoms with Gasteiger partial charge >= 0.3 is 0 Å². The van der Waals surface area contributed by atoms with Crippen molar-refractivity contribution >= 4 is 43.4 Å². The number of hydrogen-bond donors (Lipinski definition) is 0. The van der Waals surface area contributed by atoms with Gasteiger partial charge in [0.25, 0.3) is 0 Å². The van der Waals surface area contributed by atoms with Gasteiger partial charge in [0, 0.05) is 54.3 Å². The molecule has 16 aromatic rings. The van der Waals surface area contributed by atoms with Crippen molar-refractivity contribution in [2.45, 2.75) is 77.0 Å². The molecule has 0 saturated carbocycles. The van der Waals surface area contributed by atoms with Crippen LogP contribution in [0, 0.1) is 22.7 Å². The van der Waals surface area contributed by atoms with Crippen LogP contribution >= 0.6 is 0 Å². The van der Waals surface area contributed by atoms with Crippen LogP contribution in [-0.2, 0) is 21.7 Å². The second kappa shape index (κ2) is 23.0. The molecule has 0 atom stereocenters. The fraction of sp³-hybridized carbons (Fsp3) is 0.120. The van der Waals surface area contributed by atoms with Gasteiger partial charge in [0.05, 0.1) is 45.7 Å². The highest BCUT2D eigenvalue weighted by atomic mass is 14.7. The van der Waals surface area contributed by atoms with Crippen molar-refractivity contribution in [2.24, 2.45) is 0 Å². The Balaban J connectivity index is 0.000000143. The van der Waals surface area contributed by atoms with Gasteiger partial charge in [0.1, 0.15) is 0 Å². The highest BCUT2D eigenvalue weighted by molar-refractivity contribution is 6.18. The van der Waals surface area contributed by atoms with Crippen molar-refractivity contribution in [3.05, 3.63) is 347 Å². The maximum Gasteiger partial charge on any atom is 0.0998 e. The molecule has 4 aliphatic rings. The van der Waals surface area contributed by atoms with Gasteiger partial charge in [-0.3, -0.25) is 0 Å². The van der Waals surface area contributed by atoms with Gasteiger partial charge in [0.15, 0.2) is 0 Å². The Hall–Kier alpha value is -12.6. The quantitative estimate of drug-likeness (QED) is 0.156. The summed E-state index contributed by atoms with van der Waals surface area (Å²) in [5.74, 6) is 0. The first-order valence-corrected chi connectivity index (χ1v) is 36.2. The molecule has 4 heteroatoms. The second-order valence-corrected chi connectivity index (χ2v) is 30.9. The van der Waals surface area contributed by atoms with Crippen molar-refractivity contribution in [3.63, 3.8) is 0 Å². The van der Waals surface area contributed by atoms with Crippen LogP contribution in [-0.4, -0.2) is 9.97 Å². The van der Waals surface area contributed by atoms with E-state index in [1.54, 1.807) is 0 Å². The van der Waals surface area contributed by atoms with Gasteiger partial charge in [-0.2, -0.15) is 10.5 Å². The molecule has 0 bridgehead atoms. The molecular formula is C100H72N4. The van der Waals surface area contributed by atoms with Crippen molar-refractivity contribution in [3.8, 4) is 124 Å². The average molecular weight is 1330 g/mol. The highest BCUT2D eigenvalue weighted by Crippen LogP contribution is 2.56. The monoisotopic (exact) mass is 1330 g/mol. The first kappa shape index (κ1) is 62.4. The molecule has 104 heavy (non-hydrogen) atoms. The van der Waals surface area contributed by atoms with Gasteiger partial charge in [-0.1, -0.05) is 280 Å². The van der Waals surface area contributed by atoms with Crippen molar-refractivity contribution in [1.29, 1.82) is 10.5 Å². The van der Waals surface area contributed by atoms with Gasteiger partial charge in [0.2, 0.25) is 0 Å². The minimum absolute atomic E-state index is 0.0943. The predicted octanol–water partition coefficient (Wildman–Crippen LogP) is 25.7. The highest BCUT2D eigenvalue weighted by Gasteiger charge is 2.40. The summed E-state index contributed by atoms with van der Waals surface area (Å²) < 4.78 is 0. The summed E-state index contributed by atoms with van der Waals surface area (Å²) in [5.41, 5.74) is 36.9. The van der Waals surface area contributed by atoms with Gasteiger partial charge in [-0.05, 0) is 211 Å². The third-order valence-electron chi connectivity index (χ3n) is 23.8. The lowest BCUT2D eigenvalue weighted by Crippen LogP contribution is -2.15. The van der Waals surface area contributed by atoms with E-state index in [2.05, 4.69) is 316 Å². The molecule has 0 unspecified atom stereocenters. The maximum atomic E-state index is 10.1. The van der Waals surface area contributed by atoms with Gasteiger partial charge < -0.3 is 0 Å². The largest absolute Gasteiger partial charge is 0.247 e. The van der Waals surface area contributed by atoms with Gasteiger partial charge in [-0.15, -0.1) is 0 Å². The Morgan fingerprint density at radius 1 is 0.221 bits per heavy atom. The SMILES string of the molecule is CC1(C)c2ccccc2-c2ccc(-c3cc4c(-c5ccc6c(c5)C(C)(C)c5ccccc5-6)cc(-c5cccc(C#N)c5)nc4c4ccccc34)cc21.CC1(C)c2ccccc2-c2ccc(-c3cc4c(-c5ccc6c(c5)C(C)(C)c5ccccc5-6)cc(-c5ccccc5C#N)nc4c4ccccc34)cc21. The van der Waals surface area contributed by atoms with E-state index < -0.39 is 0 Å². The molecule has 14 aromatic carbocycles. The molecule has 0 fully saturated rings. The fourth-order valence-corrected chi connectivity index (χ4v) is 18.4. The van der Waals surface area contributed by atoms with Crippen molar-refractivity contribution < 1.29 is 0 Å². The molecule has 0 spiro atoms. The van der Waals surface area contributed by atoms with Crippen LogP contribution in [0.3, 0.4) is 0 Å². The molecule has 0 saturated heterocycles. The normalized spacial score (nSPS) is 14.4. The molecule has 4 aliphatic carbocycles. The summed E-state index contributed by atoms with van der Waals surface area (Å²) in [6.45, 7) is 18.7. The van der Waals surface area contributed by atoms with E-state index in [-0.39, 0.29) is 21.7 Å². The van der Waals surface area contributed by atoms with E-state index in [0.29, 0.717) is 11.1 Å². The van der Waals surface area contributed by atoms with Crippen LogP contribution in [0.5, 0.6) is 0 Å². The van der Waals surface area contributed by atoms with Crippen LogP contribution in [0.2, 0.25) is 0 Å². The molecule has 0 amide bonds. The zero-order chi connectivity index (χ0) is 70.7. The minimum atomic E-state index is -0.131. The lowest BCUT2D eigenvalue weighted by Gasteiger charge is -2.23. The Kier molecular flexibility index (Phi) is 13.8. The van der Waals surface area contributed by atoms with E-state index in [4.69, 9.17) is 9.97 Å². The Labute approximate surface area is 607 Å². The van der Waals surface area contributed by atoms with Crippen LogP contribution < -0.4 is 0 Å². The van der Waals surface area contributed by atoms with E-state index in [0.717, 1.165) is 82.7 Å². The third kappa shape index (κ3) is 9.28. The zero-order valence-electron chi connectivity index (χ0n) is 59.5. The van der Waals surface area contributed by atoms with Crippen LogP contribution in [0.4, 0.5) is 0 Å². The first-order valence-electron chi connectivity index (χ1n) is 36.2. The lowest BCUT2D eigenvalue weighted by atomic mass is 9.81. The minimum Gasteiger partial charge on any atom is -0.247 e.